The Bertz CT molecular complexity index is 222. The van der Waals surface area contributed by atoms with Crippen molar-refractivity contribution in [3.8, 4) is 0 Å². The van der Waals surface area contributed by atoms with E-state index in [9.17, 15) is 5.11 Å². The number of aliphatic hydroxyl groups is 1. The Hall–Kier alpha value is -0.200. The fourth-order valence-corrected chi connectivity index (χ4v) is 2.37. The molecule has 0 aromatic rings. The minimum Gasteiger partial charge on any atom is -0.389 e. The van der Waals surface area contributed by atoms with Crippen LogP contribution in [0, 0.1) is 0 Å². The number of ether oxygens (including phenoxy) is 3. The molecule has 126 valence electrons. The fraction of sp³-hybridized carbons (Fsp3) is 1.00. The van der Waals surface area contributed by atoms with Gasteiger partial charge in [0.2, 0.25) is 0 Å². The second kappa shape index (κ2) is 13.5. The van der Waals surface area contributed by atoms with Crippen molar-refractivity contribution in [2.24, 2.45) is 0 Å². The zero-order valence-corrected chi connectivity index (χ0v) is 13.5. The summed E-state index contributed by atoms with van der Waals surface area (Å²) < 4.78 is 16.5. The van der Waals surface area contributed by atoms with Crippen molar-refractivity contribution in [3.05, 3.63) is 0 Å². The summed E-state index contributed by atoms with van der Waals surface area (Å²) in [6.07, 6.45) is 7.26. The van der Waals surface area contributed by atoms with Gasteiger partial charge in [0, 0.05) is 19.7 Å². The molecule has 0 heterocycles. The van der Waals surface area contributed by atoms with Crippen LogP contribution in [0.5, 0.6) is 0 Å². The summed E-state index contributed by atoms with van der Waals surface area (Å²) in [5, 5.41) is 12.9. The lowest BCUT2D eigenvalue weighted by molar-refractivity contribution is 0.00273. The average Bonchev–Trinajstić information content (AvgIpc) is 2.99. The highest BCUT2D eigenvalue weighted by Crippen LogP contribution is 2.20. The zero-order chi connectivity index (χ0) is 15.2. The zero-order valence-electron chi connectivity index (χ0n) is 13.5. The first kappa shape index (κ1) is 18.8. The number of aliphatic hydroxyl groups excluding tert-OH is 1. The Labute approximate surface area is 129 Å². The molecule has 0 bridgehead atoms. The molecule has 0 saturated heterocycles. The maximum atomic E-state index is 9.73. The van der Waals surface area contributed by atoms with Gasteiger partial charge in [-0.3, -0.25) is 0 Å². The van der Waals surface area contributed by atoms with E-state index in [1.165, 1.54) is 25.7 Å². The molecular formula is C16H33NO4. The first-order valence-electron chi connectivity index (χ1n) is 8.48. The molecule has 1 saturated carbocycles. The van der Waals surface area contributed by atoms with Crippen molar-refractivity contribution in [1.29, 1.82) is 0 Å². The molecule has 0 aliphatic heterocycles. The third-order valence-electron chi connectivity index (χ3n) is 3.64. The fourth-order valence-electron chi connectivity index (χ4n) is 2.37. The van der Waals surface area contributed by atoms with Crippen molar-refractivity contribution in [2.75, 3.05) is 46.1 Å². The predicted octanol–water partition coefficient (Wildman–Crippen LogP) is 1.73. The van der Waals surface area contributed by atoms with Crippen molar-refractivity contribution in [1.82, 2.24) is 5.32 Å². The maximum Gasteiger partial charge on any atom is 0.0897 e. The predicted molar refractivity (Wildman–Crippen MR) is 83.6 cm³/mol. The Morgan fingerprint density at radius 2 is 1.86 bits per heavy atom. The maximum absolute atomic E-state index is 9.73. The van der Waals surface area contributed by atoms with Crippen molar-refractivity contribution >= 4 is 0 Å². The van der Waals surface area contributed by atoms with Crippen LogP contribution in [0.3, 0.4) is 0 Å². The Balaban J connectivity index is 1.77. The Kier molecular flexibility index (Phi) is 12.1. The monoisotopic (exact) mass is 303 g/mol. The largest absolute Gasteiger partial charge is 0.389 e. The third-order valence-corrected chi connectivity index (χ3v) is 3.64. The molecule has 0 aromatic heterocycles. The van der Waals surface area contributed by atoms with Gasteiger partial charge < -0.3 is 24.6 Å². The summed E-state index contributed by atoms with van der Waals surface area (Å²) >= 11 is 0. The number of hydrogen-bond acceptors (Lipinski definition) is 5. The van der Waals surface area contributed by atoms with Gasteiger partial charge in [0.25, 0.3) is 0 Å². The van der Waals surface area contributed by atoms with Gasteiger partial charge in [0.15, 0.2) is 0 Å². The Morgan fingerprint density at radius 3 is 2.62 bits per heavy atom. The number of rotatable bonds is 14. The molecule has 5 nitrogen and oxygen atoms in total. The second-order valence-corrected chi connectivity index (χ2v) is 5.68. The molecule has 0 radical (unpaired) electrons. The minimum atomic E-state index is -0.466. The molecule has 21 heavy (non-hydrogen) atoms. The summed E-state index contributed by atoms with van der Waals surface area (Å²) in [4.78, 5) is 0. The van der Waals surface area contributed by atoms with Crippen LogP contribution in [-0.2, 0) is 14.2 Å². The van der Waals surface area contributed by atoms with Crippen molar-refractivity contribution in [3.63, 3.8) is 0 Å². The summed E-state index contributed by atoms with van der Waals surface area (Å²) in [5.41, 5.74) is 0. The van der Waals surface area contributed by atoms with Crippen LogP contribution in [0.1, 0.15) is 45.4 Å². The normalized spacial score (nSPS) is 17.4. The summed E-state index contributed by atoms with van der Waals surface area (Å²) in [7, 11) is 0. The van der Waals surface area contributed by atoms with Gasteiger partial charge in [-0.25, -0.2) is 0 Å². The molecule has 5 heteroatoms. The van der Waals surface area contributed by atoms with E-state index in [0.29, 0.717) is 32.5 Å². The van der Waals surface area contributed by atoms with Crippen molar-refractivity contribution < 1.29 is 19.3 Å². The number of hydrogen-bond donors (Lipinski definition) is 2. The van der Waals surface area contributed by atoms with E-state index in [1.54, 1.807) is 0 Å². The van der Waals surface area contributed by atoms with Crippen LogP contribution in [0.25, 0.3) is 0 Å². The van der Waals surface area contributed by atoms with Gasteiger partial charge in [-0.15, -0.1) is 0 Å². The van der Waals surface area contributed by atoms with Gasteiger partial charge in [0.05, 0.1) is 38.6 Å². The van der Waals surface area contributed by atoms with Crippen LogP contribution in [0.4, 0.5) is 0 Å². The topological polar surface area (TPSA) is 60.0 Å². The lowest BCUT2D eigenvalue weighted by atomic mass is 10.3. The molecule has 0 amide bonds. The highest BCUT2D eigenvalue weighted by atomic mass is 16.5. The molecule has 1 unspecified atom stereocenters. The third kappa shape index (κ3) is 11.1. The number of nitrogens with one attached hydrogen (secondary N) is 1. The van der Waals surface area contributed by atoms with Crippen LogP contribution < -0.4 is 5.32 Å². The number of unbranched alkanes of at least 4 members (excludes halogenated alkanes) is 1. The molecule has 2 N–H and O–H groups in total. The van der Waals surface area contributed by atoms with Crippen LogP contribution >= 0.6 is 0 Å². The lowest BCUT2D eigenvalue weighted by Crippen LogP contribution is -2.33. The molecule has 1 aliphatic carbocycles. The van der Waals surface area contributed by atoms with Crippen LogP contribution in [-0.4, -0.2) is 63.4 Å². The summed E-state index contributed by atoms with van der Waals surface area (Å²) in [5.74, 6) is 0. The van der Waals surface area contributed by atoms with Crippen LogP contribution in [0.15, 0.2) is 0 Å². The van der Waals surface area contributed by atoms with E-state index in [-0.39, 0.29) is 0 Å². The Morgan fingerprint density at radius 1 is 1.10 bits per heavy atom. The molecule has 1 aliphatic rings. The molecule has 0 aromatic carbocycles. The van der Waals surface area contributed by atoms with Crippen molar-refractivity contribution in [2.45, 2.75) is 57.7 Å². The van der Waals surface area contributed by atoms with Gasteiger partial charge in [0.1, 0.15) is 0 Å². The summed E-state index contributed by atoms with van der Waals surface area (Å²) in [6.45, 7) is 6.50. The second-order valence-electron chi connectivity index (χ2n) is 5.68. The van der Waals surface area contributed by atoms with E-state index in [4.69, 9.17) is 14.2 Å². The van der Waals surface area contributed by atoms with E-state index < -0.39 is 6.10 Å². The van der Waals surface area contributed by atoms with E-state index in [1.807, 2.05) is 0 Å². The highest BCUT2D eigenvalue weighted by Gasteiger charge is 2.14. The SMILES string of the molecule is CCCCOCCOCC(O)CNCCOC1CCCC1. The molecular weight excluding hydrogens is 270 g/mol. The van der Waals surface area contributed by atoms with E-state index in [0.717, 1.165) is 32.6 Å². The van der Waals surface area contributed by atoms with Crippen LogP contribution in [0.2, 0.25) is 0 Å². The molecule has 1 atom stereocenters. The quantitative estimate of drug-likeness (QED) is 0.479. The highest BCUT2D eigenvalue weighted by molar-refractivity contribution is 4.67. The van der Waals surface area contributed by atoms with Gasteiger partial charge in [-0.05, 0) is 19.3 Å². The average molecular weight is 303 g/mol. The smallest absolute Gasteiger partial charge is 0.0897 e. The van der Waals surface area contributed by atoms with Gasteiger partial charge in [-0.2, -0.15) is 0 Å². The van der Waals surface area contributed by atoms with E-state index >= 15 is 0 Å². The van der Waals surface area contributed by atoms with Gasteiger partial charge in [-0.1, -0.05) is 26.2 Å². The minimum absolute atomic E-state index is 0.355. The van der Waals surface area contributed by atoms with E-state index in [2.05, 4.69) is 12.2 Å². The first-order chi connectivity index (χ1) is 10.3. The van der Waals surface area contributed by atoms with Gasteiger partial charge >= 0.3 is 0 Å². The molecule has 1 rings (SSSR count). The summed E-state index contributed by atoms with van der Waals surface area (Å²) in [6, 6.07) is 0. The lowest BCUT2D eigenvalue weighted by Gasteiger charge is -2.14. The first-order valence-corrected chi connectivity index (χ1v) is 8.48. The molecule has 1 fully saturated rings. The molecule has 0 spiro atoms. The standard InChI is InChI=1S/C16H33NO4/c1-2-3-9-19-11-12-20-14-15(18)13-17-8-10-21-16-6-4-5-7-16/h15-18H,2-14H2,1H3.